The second kappa shape index (κ2) is 29.1. The van der Waals surface area contributed by atoms with Crippen LogP contribution in [-0.2, 0) is 32.7 Å². The van der Waals surface area contributed by atoms with Crippen LogP contribution in [0.15, 0.2) is 48.6 Å². The van der Waals surface area contributed by atoms with Crippen molar-refractivity contribution in [3.63, 3.8) is 0 Å². The average Bonchev–Trinajstić information content (AvgIpc) is 2.97. The molecule has 9 nitrogen and oxygen atoms in total. The van der Waals surface area contributed by atoms with Gasteiger partial charge in [-0.25, -0.2) is 4.57 Å². The van der Waals surface area contributed by atoms with Gasteiger partial charge >= 0.3 is 19.8 Å². The third-order valence-corrected chi connectivity index (χ3v) is 7.01. The van der Waals surface area contributed by atoms with Gasteiger partial charge in [0.1, 0.15) is 6.61 Å². The van der Waals surface area contributed by atoms with Crippen LogP contribution in [0.3, 0.4) is 0 Å². The van der Waals surface area contributed by atoms with Crippen molar-refractivity contribution in [2.45, 2.75) is 116 Å². The Hall–Kier alpha value is -2.03. The molecular formula is C32H56NO8P. The molecule has 3 N–H and O–H groups in total. The van der Waals surface area contributed by atoms with E-state index in [-0.39, 0.29) is 32.6 Å². The van der Waals surface area contributed by atoms with Gasteiger partial charge in [-0.2, -0.15) is 0 Å². The Morgan fingerprint density at radius 2 is 1.38 bits per heavy atom. The maximum Gasteiger partial charge on any atom is 0.472 e. The highest BCUT2D eigenvalue weighted by Crippen LogP contribution is 2.43. The van der Waals surface area contributed by atoms with Gasteiger partial charge < -0.3 is 20.1 Å². The molecule has 0 fully saturated rings. The molecule has 0 aromatic rings. The van der Waals surface area contributed by atoms with Gasteiger partial charge in [-0.3, -0.25) is 18.6 Å². The molecule has 0 saturated heterocycles. The van der Waals surface area contributed by atoms with Crippen LogP contribution in [0.4, 0.5) is 0 Å². The highest BCUT2D eigenvalue weighted by Gasteiger charge is 2.25. The summed E-state index contributed by atoms with van der Waals surface area (Å²) in [5, 5.41) is 0. The Kier molecular flexibility index (Phi) is 27.7. The first-order valence-corrected chi connectivity index (χ1v) is 17.1. The minimum atomic E-state index is -4.37. The summed E-state index contributed by atoms with van der Waals surface area (Å²) in [4.78, 5) is 34.3. The van der Waals surface area contributed by atoms with Crippen molar-refractivity contribution in [1.29, 1.82) is 0 Å². The van der Waals surface area contributed by atoms with Gasteiger partial charge in [-0.05, 0) is 44.9 Å². The highest BCUT2D eigenvalue weighted by atomic mass is 31.2. The molecule has 0 aliphatic rings. The third kappa shape index (κ3) is 28.1. The van der Waals surface area contributed by atoms with E-state index in [9.17, 15) is 19.0 Å². The van der Waals surface area contributed by atoms with Crippen LogP contribution in [0.5, 0.6) is 0 Å². The molecule has 0 radical (unpaired) electrons. The summed E-state index contributed by atoms with van der Waals surface area (Å²) in [5.41, 5.74) is 5.30. The van der Waals surface area contributed by atoms with Crippen LogP contribution in [-0.4, -0.2) is 49.3 Å². The first-order chi connectivity index (χ1) is 20.3. The number of allylic oxidation sites excluding steroid dienone is 8. The van der Waals surface area contributed by atoms with Crippen molar-refractivity contribution in [2.24, 2.45) is 5.73 Å². The number of carbonyl (C=O) groups excluding carboxylic acids is 2. The molecule has 0 heterocycles. The molecule has 0 spiro atoms. The lowest BCUT2D eigenvalue weighted by molar-refractivity contribution is -0.161. The molecule has 42 heavy (non-hydrogen) atoms. The van der Waals surface area contributed by atoms with Crippen molar-refractivity contribution in [3.8, 4) is 0 Å². The van der Waals surface area contributed by atoms with Crippen LogP contribution >= 0.6 is 7.82 Å². The number of phosphoric ester groups is 1. The number of carbonyl (C=O) groups is 2. The lowest BCUT2D eigenvalue weighted by Crippen LogP contribution is -2.29. The Morgan fingerprint density at radius 3 is 2.10 bits per heavy atom. The van der Waals surface area contributed by atoms with Gasteiger partial charge in [0.2, 0.25) is 0 Å². The number of rotatable bonds is 28. The summed E-state index contributed by atoms with van der Waals surface area (Å²) >= 11 is 0. The van der Waals surface area contributed by atoms with E-state index in [0.29, 0.717) is 12.8 Å². The fraction of sp³-hybridized carbons (Fsp3) is 0.688. The van der Waals surface area contributed by atoms with Crippen molar-refractivity contribution in [1.82, 2.24) is 0 Å². The summed E-state index contributed by atoms with van der Waals surface area (Å²) in [6.07, 6.45) is 28.9. The predicted molar refractivity (Wildman–Crippen MR) is 169 cm³/mol. The fourth-order valence-corrected chi connectivity index (χ4v) is 4.47. The number of hydrogen-bond donors (Lipinski definition) is 2. The molecule has 0 aromatic carbocycles. The first kappa shape index (κ1) is 40.0. The van der Waals surface area contributed by atoms with Gasteiger partial charge in [0.25, 0.3) is 0 Å². The van der Waals surface area contributed by atoms with E-state index in [4.69, 9.17) is 24.3 Å². The zero-order chi connectivity index (χ0) is 31.2. The van der Waals surface area contributed by atoms with Crippen LogP contribution < -0.4 is 5.73 Å². The first-order valence-electron chi connectivity index (χ1n) is 15.6. The van der Waals surface area contributed by atoms with Gasteiger partial charge in [-0.15, -0.1) is 0 Å². The van der Waals surface area contributed by atoms with E-state index >= 15 is 0 Å². The van der Waals surface area contributed by atoms with E-state index in [0.717, 1.165) is 51.4 Å². The Labute approximate surface area is 254 Å². The molecule has 0 amide bonds. The summed E-state index contributed by atoms with van der Waals surface area (Å²) in [7, 11) is -4.37. The second-order valence-corrected chi connectivity index (χ2v) is 11.4. The van der Waals surface area contributed by atoms with Gasteiger partial charge in [-0.1, -0.05) is 101 Å². The zero-order valence-electron chi connectivity index (χ0n) is 26.0. The summed E-state index contributed by atoms with van der Waals surface area (Å²) in [6.45, 7) is 3.43. The molecule has 2 unspecified atom stereocenters. The van der Waals surface area contributed by atoms with Gasteiger partial charge in [0.05, 0.1) is 13.2 Å². The summed E-state index contributed by atoms with van der Waals surface area (Å²) in [5.74, 6) is -0.925. The lowest BCUT2D eigenvalue weighted by Gasteiger charge is -2.19. The lowest BCUT2D eigenvalue weighted by atomic mass is 10.1. The molecule has 0 saturated carbocycles. The third-order valence-electron chi connectivity index (χ3n) is 6.02. The van der Waals surface area contributed by atoms with E-state index in [2.05, 4.69) is 38.2 Å². The maximum absolute atomic E-state index is 12.4. The molecule has 2 atom stereocenters. The van der Waals surface area contributed by atoms with Crippen molar-refractivity contribution in [2.75, 3.05) is 26.4 Å². The van der Waals surface area contributed by atoms with E-state index in [1.807, 2.05) is 24.3 Å². The monoisotopic (exact) mass is 613 g/mol. The Morgan fingerprint density at radius 1 is 0.738 bits per heavy atom. The van der Waals surface area contributed by atoms with E-state index in [1.54, 1.807) is 0 Å². The van der Waals surface area contributed by atoms with Crippen molar-refractivity contribution < 1.29 is 37.6 Å². The predicted octanol–water partition coefficient (Wildman–Crippen LogP) is 7.65. The van der Waals surface area contributed by atoms with E-state index < -0.39 is 32.5 Å². The average molecular weight is 614 g/mol. The largest absolute Gasteiger partial charge is 0.472 e. The van der Waals surface area contributed by atoms with Gasteiger partial charge in [0.15, 0.2) is 6.10 Å². The number of hydrogen-bond acceptors (Lipinski definition) is 8. The smallest absolute Gasteiger partial charge is 0.462 e. The maximum atomic E-state index is 12.4. The molecule has 242 valence electrons. The number of unbranched alkanes of at least 4 members (excludes halogenated alkanes) is 9. The number of esters is 2. The molecule has 0 rings (SSSR count). The SMILES string of the molecule is CC/C=C/C=C/C=C/CCCCCCCC(=O)OC(COC(=O)CC/C=C/CCCCCC)COP(=O)(O)OCCN. The van der Waals surface area contributed by atoms with Crippen LogP contribution in [0.1, 0.15) is 110 Å². The van der Waals surface area contributed by atoms with E-state index in [1.165, 1.54) is 19.3 Å². The highest BCUT2D eigenvalue weighted by molar-refractivity contribution is 7.47. The zero-order valence-corrected chi connectivity index (χ0v) is 26.9. The molecule has 0 bridgehead atoms. The molecule has 10 heteroatoms. The van der Waals surface area contributed by atoms with Crippen LogP contribution in [0.25, 0.3) is 0 Å². The Balaban J connectivity index is 4.41. The summed E-state index contributed by atoms with van der Waals surface area (Å²) < 4.78 is 32.3. The molecule has 0 aliphatic heterocycles. The topological polar surface area (TPSA) is 134 Å². The number of phosphoric acid groups is 1. The number of nitrogens with two attached hydrogens (primary N) is 1. The summed E-state index contributed by atoms with van der Waals surface area (Å²) in [6, 6.07) is 0. The van der Waals surface area contributed by atoms with Crippen LogP contribution in [0, 0.1) is 0 Å². The number of ether oxygens (including phenoxy) is 2. The van der Waals surface area contributed by atoms with Crippen molar-refractivity contribution in [3.05, 3.63) is 48.6 Å². The van der Waals surface area contributed by atoms with Gasteiger partial charge in [0, 0.05) is 19.4 Å². The standard InChI is InChI=1S/C32H56NO8P/c1-3-5-7-9-11-13-14-15-16-17-19-21-23-25-32(35)41-30(29-40-42(36,37)39-27-26-33)28-38-31(34)24-22-20-18-12-10-8-6-4-2/h5,7,9,11,13-14,18,20,30H,3-4,6,8,10,12,15-17,19,21-29,33H2,1-2H3,(H,36,37)/b7-5+,11-9+,14-13+,20-18+. The molecule has 0 aliphatic carbocycles. The van der Waals surface area contributed by atoms with Crippen molar-refractivity contribution >= 4 is 19.8 Å². The second-order valence-electron chi connectivity index (χ2n) is 10.00. The quantitative estimate of drug-likeness (QED) is 0.0300. The Bertz CT molecular complexity index is 840. The minimum Gasteiger partial charge on any atom is -0.462 e. The molecular weight excluding hydrogens is 557 g/mol. The molecule has 0 aromatic heterocycles. The van der Waals surface area contributed by atoms with Crippen LogP contribution in [0.2, 0.25) is 0 Å². The normalized spacial score (nSPS) is 14.3. The fourth-order valence-electron chi connectivity index (χ4n) is 3.71. The minimum absolute atomic E-state index is 0.0438.